The number of hydrogen-bond donors (Lipinski definition) is 1. The molecular weight excluding hydrogens is 378 g/mol. The first-order valence-electron chi connectivity index (χ1n) is 9.02. The molecule has 0 unspecified atom stereocenters. The van der Waals surface area contributed by atoms with Gasteiger partial charge < -0.3 is 15.0 Å². The number of esters is 1. The second-order valence-electron chi connectivity index (χ2n) is 6.55. The Bertz CT molecular complexity index is 1130. The lowest BCUT2D eigenvalue weighted by molar-refractivity contribution is 0.0596. The molecule has 1 aliphatic heterocycles. The SMILES string of the molecule is COC(=O)c1ccccc1S(=O)(=O)n1ccc2c(N3CCNCC3)cccc21. The third-order valence-corrected chi connectivity index (χ3v) is 6.71. The summed E-state index contributed by atoms with van der Waals surface area (Å²) in [7, 11) is -2.74. The zero-order valence-electron chi connectivity index (χ0n) is 15.5. The van der Waals surface area contributed by atoms with Gasteiger partial charge in [-0.3, -0.25) is 0 Å². The van der Waals surface area contributed by atoms with E-state index < -0.39 is 16.0 Å². The number of nitrogens with one attached hydrogen (secondary N) is 1. The molecule has 1 aromatic heterocycles. The third kappa shape index (κ3) is 3.04. The molecule has 146 valence electrons. The van der Waals surface area contributed by atoms with Crippen molar-refractivity contribution in [1.82, 2.24) is 9.29 Å². The molecule has 1 saturated heterocycles. The first-order chi connectivity index (χ1) is 13.5. The van der Waals surface area contributed by atoms with Crippen molar-refractivity contribution in [2.24, 2.45) is 0 Å². The number of hydrogen-bond acceptors (Lipinski definition) is 6. The highest BCUT2D eigenvalue weighted by molar-refractivity contribution is 7.90. The minimum absolute atomic E-state index is 0.0186. The van der Waals surface area contributed by atoms with Crippen molar-refractivity contribution >= 4 is 32.6 Å². The number of nitrogens with zero attached hydrogens (tertiary/aromatic N) is 2. The van der Waals surface area contributed by atoms with Crippen LogP contribution >= 0.6 is 0 Å². The number of rotatable bonds is 4. The highest BCUT2D eigenvalue weighted by Gasteiger charge is 2.26. The average Bonchev–Trinajstić information content (AvgIpc) is 3.19. The number of carbonyl (C=O) groups excluding carboxylic acids is 1. The standard InChI is InChI=1S/C20H21N3O4S/c1-27-20(24)16-5-2-3-8-19(16)28(25,26)23-12-9-15-17(6-4-7-18(15)23)22-13-10-21-11-14-22/h2-9,12,21H,10-11,13-14H2,1H3. The van der Waals surface area contributed by atoms with Gasteiger partial charge in [0, 0.05) is 43.4 Å². The van der Waals surface area contributed by atoms with E-state index in [2.05, 4.69) is 10.2 Å². The summed E-state index contributed by atoms with van der Waals surface area (Å²) in [6.07, 6.45) is 1.54. The van der Waals surface area contributed by atoms with Crippen LogP contribution in [0.4, 0.5) is 5.69 Å². The number of aromatic nitrogens is 1. The van der Waals surface area contributed by atoms with Gasteiger partial charge in [-0.05, 0) is 30.3 Å². The molecule has 1 fully saturated rings. The molecule has 0 saturated carbocycles. The zero-order valence-corrected chi connectivity index (χ0v) is 16.3. The largest absolute Gasteiger partial charge is 0.465 e. The van der Waals surface area contributed by atoms with Gasteiger partial charge in [-0.15, -0.1) is 0 Å². The van der Waals surface area contributed by atoms with Crippen LogP contribution in [0, 0.1) is 0 Å². The quantitative estimate of drug-likeness (QED) is 0.677. The molecule has 2 heterocycles. The fourth-order valence-electron chi connectivity index (χ4n) is 3.59. The minimum Gasteiger partial charge on any atom is -0.465 e. The Hall–Kier alpha value is -2.84. The maximum Gasteiger partial charge on any atom is 0.339 e. The van der Waals surface area contributed by atoms with Crippen molar-refractivity contribution in [2.75, 3.05) is 38.2 Å². The summed E-state index contributed by atoms with van der Waals surface area (Å²) < 4.78 is 32.7. The predicted molar refractivity (Wildman–Crippen MR) is 107 cm³/mol. The van der Waals surface area contributed by atoms with Gasteiger partial charge in [0.25, 0.3) is 10.0 Å². The van der Waals surface area contributed by atoms with Gasteiger partial charge in [0.1, 0.15) is 4.90 Å². The fourth-order valence-corrected chi connectivity index (χ4v) is 5.12. The molecule has 1 aliphatic rings. The van der Waals surface area contributed by atoms with Gasteiger partial charge in [0.2, 0.25) is 0 Å². The summed E-state index contributed by atoms with van der Waals surface area (Å²) >= 11 is 0. The van der Waals surface area contributed by atoms with E-state index in [-0.39, 0.29) is 10.5 Å². The van der Waals surface area contributed by atoms with Gasteiger partial charge >= 0.3 is 5.97 Å². The van der Waals surface area contributed by atoms with Crippen molar-refractivity contribution in [2.45, 2.75) is 4.90 Å². The van der Waals surface area contributed by atoms with Crippen LogP contribution in [0.5, 0.6) is 0 Å². The summed E-state index contributed by atoms with van der Waals surface area (Å²) in [6.45, 7) is 3.51. The lowest BCUT2D eigenvalue weighted by atomic mass is 10.2. The van der Waals surface area contributed by atoms with E-state index >= 15 is 0 Å². The van der Waals surface area contributed by atoms with Crippen LogP contribution in [0.2, 0.25) is 0 Å². The number of anilines is 1. The number of ether oxygens (including phenoxy) is 1. The van der Waals surface area contributed by atoms with Gasteiger partial charge in [0.05, 0.1) is 18.2 Å². The number of fused-ring (bicyclic) bond motifs is 1. The van der Waals surface area contributed by atoms with Crippen LogP contribution in [-0.2, 0) is 14.8 Å². The molecule has 8 heteroatoms. The van der Waals surface area contributed by atoms with E-state index in [1.165, 1.54) is 23.2 Å². The van der Waals surface area contributed by atoms with Gasteiger partial charge in [-0.25, -0.2) is 17.2 Å². The Kier molecular flexibility index (Phi) is 4.82. The normalized spacial score (nSPS) is 15.0. The Morgan fingerprint density at radius 3 is 2.54 bits per heavy atom. The lowest BCUT2D eigenvalue weighted by Gasteiger charge is -2.30. The summed E-state index contributed by atoms with van der Waals surface area (Å²) in [5.41, 5.74) is 1.61. The molecule has 0 aliphatic carbocycles. The van der Waals surface area contributed by atoms with E-state index in [9.17, 15) is 13.2 Å². The summed E-state index contributed by atoms with van der Waals surface area (Å²) in [6, 6.07) is 13.5. The van der Waals surface area contributed by atoms with Crippen LogP contribution in [0.15, 0.2) is 59.6 Å². The van der Waals surface area contributed by atoms with E-state index in [1.54, 1.807) is 24.4 Å². The molecular formula is C20H21N3O4S. The maximum absolute atomic E-state index is 13.4. The second kappa shape index (κ2) is 7.29. The Labute approximate surface area is 163 Å². The topological polar surface area (TPSA) is 80.6 Å². The first kappa shape index (κ1) is 18.5. The van der Waals surface area contributed by atoms with Crippen LogP contribution < -0.4 is 10.2 Å². The summed E-state index contributed by atoms with van der Waals surface area (Å²) in [5.74, 6) is -0.683. The average molecular weight is 399 g/mol. The van der Waals surface area contributed by atoms with Crippen molar-refractivity contribution in [1.29, 1.82) is 0 Å². The predicted octanol–water partition coefficient (Wildman–Crippen LogP) is 2.07. The highest BCUT2D eigenvalue weighted by atomic mass is 32.2. The molecule has 4 rings (SSSR count). The van der Waals surface area contributed by atoms with Crippen molar-refractivity contribution in [3.05, 3.63) is 60.3 Å². The van der Waals surface area contributed by atoms with E-state index in [0.29, 0.717) is 5.52 Å². The number of piperazine rings is 1. The van der Waals surface area contributed by atoms with Crippen LogP contribution in [0.3, 0.4) is 0 Å². The smallest absolute Gasteiger partial charge is 0.339 e. The monoisotopic (exact) mass is 399 g/mol. The number of carbonyl (C=O) groups is 1. The maximum atomic E-state index is 13.4. The van der Waals surface area contributed by atoms with Crippen LogP contribution in [0.25, 0.3) is 10.9 Å². The molecule has 0 spiro atoms. The van der Waals surface area contributed by atoms with E-state index in [4.69, 9.17) is 4.74 Å². The van der Waals surface area contributed by atoms with Gasteiger partial charge in [0.15, 0.2) is 0 Å². The van der Waals surface area contributed by atoms with Gasteiger partial charge in [-0.2, -0.15) is 0 Å². The van der Waals surface area contributed by atoms with Crippen molar-refractivity contribution in [3.8, 4) is 0 Å². The van der Waals surface area contributed by atoms with E-state index in [1.807, 2.05) is 18.2 Å². The molecule has 0 amide bonds. The summed E-state index contributed by atoms with van der Waals surface area (Å²) in [4.78, 5) is 14.2. The molecule has 1 N–H and O–H groups in total. The Balaban J connectivity index is 1.85. The number of methoxy groups -OCH3 is 1. The van der Waals surface area contributed by atoms with Crippen molar-refractivity contribution < 1.29 is 17.9 Å². The first-order valence-corrected chi connectivity index (χ1v) is 10.5. The zero-order chi connectivity index (χ0) is 19.7. The van der Waals surface area contributed by atoms with Crippen LogP contribution in [-0.4, -0.2) is 51.6 Å². The lowest BCUT2D eigenvalue weighted by Crippen LogP contribution is -2.43. The minimum atomic E-state index is -3.97. The fraction of sp³-hybridized carbons (Fsp3) is 0.250. The molecule has 0 atom stereocenters. The third-order valence-electron chi connectivity index (χ3n) is 4.96. The highest BCUT2D eigenvalue weighted by Crippen LogP contribution is 2.31. The Morgan fingerprint density at radius 2 is 1.79 bits per heavy atom. The molecule has 2 aromatic carbocycles. The second-order valence-corrected chi connectivity index (χ2v) is 8.33. The molecule has 0 radical (unpaired) electrons. The molecule has 7 nitrogen and oxygen atoms in total. The van der Waals surface area contributed by atoms with Crippen LogP contribution in [0.1, 0.15) is 10.4 Å². The van der Waals surface area contributed by atoms with Gasteiger partial charge in [-0.1, -0.05) is 18.2 Å². The summed E-state index contributed by atoms with van der Waals surface area (Å²) in [5, 5.41) is 4.18. The van der Waals surface area contributed by atoms with Crippen molar-refractivity contribution in [3.63, 3.8) is 0 Å². The Morgan fingerprint density at radius 1 is 1.04 bits per heavy atom. The van der Waals surface area contributed by atoms with E-state index in [0.717, 1.165) is 37.3 Å². The molecule has 0 bridgehead atoms. The number of benzene rings is 2. The molecule has 3 aromatic rings. The molecule has 28 heavy (non-hydrogen) atoms.